The average Bonchev–Trinajstić information content (AvgIpc) is 2.98. The Balaban J connectivity index is 1.88. The van der Waals surface area contributed by atoms with E-state index in [1.165, 1.54) is 12.2 Å². The van der Waals surface area contributed by atoms with Gasteiger partial charge in [-0.3, -0.25) is 14.4 Å². The van der Waals surface area contributed by atoms with E-state index in [1.807, 2.05) is 6.92 Å². The number of fused-ring (bicyclic) bond motifs is 5. The molecule has 0 aromatic heterocycles. The molecule has 4 aliphatic carbocycles. The Labute approximate surface area is 197 Å². The molecule has 8 heteroatoms. The molecule has 182 valence electrons. The summed E-state index contributed by atoms with van der Waals surface area (Å²) < 4.78 is 38.6. The predicted molar refractivity (Wildman–Crippen MR) is 121 cm³/mol. The van der Waals surface area contributed by atoms with Crippen molar-refractivity contribution in [3.63, 3.8) is 0 Å². The van der Waals surface area contributed by atoms with Gasteiger partial charge in [-0.2, -0.15) is 0 Å². The van der Waals surface area contributed by atoms with E-state index < -0.39 is 63.9 Å². The second kappa shape index (κ2) is 7.74. The van der Waals surface area contributed by atoms with Crippen molar-refractivity contribution in [1.29, 1.82) is 0 Å². The number of thioether (sulfide) groups is 1. The van der Waals surface area contributed by atoms with E-state index in [1.54, 1.807) is 27.0 Å². The van der Waals surface area contributed by atoms with Crippen LogP contribution in [0, 0.1) is 28.6 Å². The molecule has 3 saturated carbocycles. The third-order valence-corrected chi connectivity index (χ3v) is 9.89. The molecule has 3 fully saturated rings. The lowest BCUT2D eigenvalue weighted by molar-refractivity contribution is -0.228. The predicted octanol–water partition coefficient (Wildman–Crippen LogP) is 4.13. The van der Waals surface area contributed by atoms with E-state index in [0.29, 0.717) is 6.42 Å². The van der Waals surface area contributed by atoms with E-state index in [4.69, 9.17) is 4.74 Å². The standard InChI is InChI=1S/C25H32F2O5S/c1-6-20(30)32-25(21(31)33-5)13(2)9-15-16-11-18(26)17-10-14(28)7-8-22(17,3)24(16,27)19(29)12-23(15,25)4/h7-8,10,13,15-16,18-19,29H,6,9,11-12H2,1-5H3/t13-,15?,16?,18+,19+,22?,23+,24+,25+/m1/s1. The van der Waals surface area contributed by atoms with Crippen molar-refractivity contribution in [2.45, 2.75) is 76.9 Å². The molecule has 0 radical (unpaired) electrons. The fourth-order valence-electron chi connectivity index (χ4n) is 7.62. The first-order valence-electron chi connectivity index (χ1n) is 11.6. The number of alkyl halides is 2. The number of ether oxygens (including phenoxy) is 1. The average molecular weight is 483 g/mol. The van der Waals surface area contributed by atoms with Crippen LogP contribution >= 0.6 is 11.8 Å². The van der Waals surface area contributed by atoms with Crippen molar-refractivity contribution < 1.29 is 33.0 Å². The van der Waals surface area contributed by atoms with Gasteiger partial charge in [-0.1, -0.05) is 38.6 Å². The first-order valence-corrected chi connectivity index (χ1v) is 12.8. The minimum atomic E-state index is -2.23. The van der Waals surface area contributed by atoms with Gasteiger partial charge < -0.3 is 9.84 Å². The summed E-state index contributed by atoms with van der Waals surface area (Å²) in [4.78, 5) is 37.8. The molecule has 0 amide bonds. The summed E-state index contributed by atoms with van der Waals surface area (Å²) in [5.41, 5.74) is -6.25. The van der Waals surface area contributed by atoms with Gasteiger partial charge in [0.05, 0.1) is 6.10 Å². The van der Waals surface area contributed by atoms with Crippen LogP contribution in [0.2, 0.25) is 0 Å². The largest absolute Gasteiger partial charge is 0.449 e. The smallest absolute Gasteiger partial charge is 0.306 e. The van der Waals surface area contributed by atoms with Gasteiger partial charge in [0.1, 0.15) is 6.17 Å². The number of halogens is 2. The van der Waals surface area contributed by atoms with Crippen LogP contribution in [0.4, 0.5) is 8.78 Å². The first-order chi connectivity index (χ1) is 15.3. The lowest BCUT2D eigenvalue weighted by Crippen LogP contribution is -2.70. The van der Waals surface area contributed by atoms with Crippen molar-refractivity contribution in [3.8, 4) is 0 Å². The lowest BCUT2D eigenvalue weighted by atomic mass is 9.44. The van der Waals surface area contributed by atoms with Crippen LogP contribution in [0.1, 0.15) is 53.4 Å². The number of hydrogen-bond donors (Lipinski definition) is 1. The van der Waals surface area contributed by atoms with Gasteiger partial charge in [-0.05, 0) is 56.1 Å². The van der Waals surface area contributed by atoms with Crippen LogP contribution in [0.3, 0.4) is 0 Å². The number of esters is 1. The van der Waals surface area contributed by atoms with Crippen LogP contribution in [-0.2, 0) is 19.1 Å². The van der Waals surface area contributed by atoms with Gasteiger partial charge in [-0.25, -0.2) is 8.78 Å². The molecule has 0 spiro atoms. The van der Waals surface area contributed by atoms with E-state index in [9.17, 15) is 19.5 Å². The van der Waals surface area contributed by atoms with Crippen molar-refractivity contribution >= 4 is 28.6 Å². The fraction of sp³-hybridized carbons (Fsp3) is 0.720. The summed E-state index contributed by atoms with van der Waals surface area (Å²) in [6.07, 6.45) is 2.45. The summed E-state index contributed by atoms with van der Waals surface area (Å²) in [6, 6.07) is 0. The molecule has 0 aromatic carbocycles. The van der Waals surface area contributed by atoms with Crippen LogP contribution in [0.15, 0.2) is 23.8 Å². The number of allylic oxidation sites excluding steroid dienone is 4. The van der Waals surface area contributed by atoms with E-state index in [0.717, 1.165) is 17.8 Å². The monoisotopic (exact) mass is 482 g/mol. The molecule has 0 heterocycles. The zero-order valence-electron chi connectivity index (χ0n) is 19.7. The van der Waals surface area contributed by atoms with Gasteiger partial charge in [0.25, 0.3) is 0 Å². The van der Waals surface area contributed by atoms with E-state index in [2.05, 4.69) is 0 Å². The third-order valence-electron chi connectivity index (χ3n) is 9.22. The topological polar surface area (TPSA) is 80.7 Å². The highest BCUT2D eigenvalue weighted by Crippen LogP contribution is 2.72. The molecule has 5 nitrogen and oxygen atoms in total. The van der Waals surface area contributed by atoms with Crippen LogP contribution in [0.25, 0.3) is 0 Å². The number of ketones is 1. The molecule has 0 saturated heterocycles. The number of aliphatic hydroxyl groups excluding tert-OH is 1. The van der Waals surface area contributed by atoms with Crippen LogP contribution in [-0.4, -0.2) is 51.8 Å². The van der Waals surface area contributed by atoms with Crippen molar-refractivity contribution in [3.05, 3.63) is 23.8 Å². The maximum Gasteiger partial charge on any atom is 0.306 e. The number of hydrogen-bond acceptors (Lipinski definition) is 6. The maximum atomic E-state index is 17.2. The Hall–Kier alpha value is -1.54. The first kappa shape index (κ1) is 24.6. The summed E-state index contributed by atoms with van der Waals surface area (Å²) in [5, 5.41) is 11.1. The second-order valence-electron chi connectivity index (χ2n) is 10.6. The Morgan fingerprint density at radius 3 is 2.55 bits per heavy atom. The quantitative estimate of drug-likeness (QED) is 0.610. The molecule has 4 aliphatic rings. The Morgan fingerprint density at radius 2 is 1.94 bits per heavy atom. The zero-order valence-corrected chi connectivity index (χ0v) is 20.5. The molecule has 3 unspecified atom stereocenters. The summed E-state index contributed by atoms with van der Waals surface area (Å²) in [5.74, 6) is -2.77. The van der Waals surface area contributed by atoms with Crippen molar-refractivity contribution in [2.75, 3.05) is 6.26 Å². The van der Waals surface area contributed by atoms with Crippen molar-refractivity contribution in [1.82, 2.24) is 0 Å². The van der Waals surface area contributed by atoms with Gasteiger partial charge >= 0.3 is 5.97 Å². The van der Waals surface area contributed by atoms with E-state index in [-0.39, 0.29) is 30.0 Å². The second-order valence-corrected chi connectivity index (χ2v) is 11.3. The molecule has 33 heavy (non-hydrogen) atoms. The summed E-state index contributed by atoms with van der Waals surface area (Å²) in [6.45, 7) is 6.78. The Bertz CT molecular complexity index is 964. The minimum absolute atomic E-state index is 0.0614. The molecular weight excluding hydrogens is 450 g/mol. The summed E-state index contributed by atoms with van der Waals surface area (Å²) in [7, 11) is 0. The van der Waals surface area contributed by atoms with Crippen LogP contribution < -0.4 is 0 Å². The SMILES string of the molecule is CCC(=O)O[C@]1(C(=O)SC)[C@H](C)CC2C3C[C@H](F)C4=CC(=O)C=CC4(C)[C@@]3(F)[C@@H](O)C[C@@]21C. The molecular formula is C25H32F2O5S. The number of carbonyl (C=O) groups is 3. The number of aliphatic hydroxyl groups is 1. The number of rotatable bonds is 3. The zero-order chi connectivity index (χ0) is 24.6. The van der Waals surface area contributed by atoms with Crippen molar-refractivity contribution in [2.24, 2.45) is 28.6 Å². The molecule has 0 bridgehead atoms. The van der Waals surface area contributed by atoms with Gasteiger partial charge in [0.2, 0.25) is 5.12 Å². The fourth-order valence-corrected chi connectivity index (χ4v) is 8.40. The molecule has 0 aromatic rings. The van der Waals surface area contributed by atoms with Crippen LogP contribution in [0.5, 0.6) is 0 Å². The molecule has 0 aliphatic heterocycles. The Kier molecular flexibility index (Phi) is 5.76. The molecule has 4 rings (SSSR count). The molecule has 9 atom stereocenters. The van der Waals surface area contributed by atoms with Gasteiger partial charge in [0.15, 0.2) is 17.1 Å². The number of carbonyl (C=O) groups excluding carboxylic acids is 3. The highest BCUT2D eigenvalue weighted by molar-refractivity contribution is 8.13. The van der Waals surface area contributed by atoms with Gasteiger partial charge in [-0.15, -0.1) is 0 Å². The lowest BCUT2D eigenvalue weighted by Gasteiger charge is -2.63. The normalized spacial score (nSPS) is 48.4. The minimum Gasteiger partial charge on any atom is -0.449 e. The molecule has 1 N–H and O–H groups in total. The Morgan fingerprint density at radius 1 is 1.27 bits per heavy atom. The summed E-state index contributed by atoms with van der Waals surface area (Å²) >= 11 is 0.956. The highest BCUT2D eigenvalue weighted by Gasteiger charge is 2.78. The maximum absolute atomic E-state index is 17.2. The highest BCUT2D eigenvalue weighted by atomic mass is 32.2. The third kappa shape index (κ3) is 2.89. The van der Waals surface area contributed by atoms with Gasteiger partial charge in [0, 0.05) is 29.1 Å². The van der Waals surface area contributed by atoms with E-state index >= 15 is 8.78 Å².